The molecule has 6 heteroatoms. The highest BCUT2D eigenvalue weighted by Gasteiger charge is 2.21. The molecule has 0 unspecified atom stereocenters. The quantitative estimate of drug-likeness (QED) is 0.737. The van der Waals surface area contributed by atoms with Gasteiger partial charge in [-0.1, -0.05) is 18.2 Å². The molecule has 0 aliphatic carbocycles. The SMILES string of the molecule is COc1ccc(Nc2cc(C(=O)N3CCSCC3)nc3ccccc23)cc1. The van der Waals surface area contributed by atoms with E-state index in [1.54, 1.807) is 7.11 Å². The largest absolute Gasteiger partial charge is 0.497 e. The van der Waals surface area contributed by atoms with Crippen molar-refractivity contribution in [3.05, 3.63) is 60.3 Å². The minimum Gasteiger partial charge on any atom is -0.497 e. The zero-order valence-corrected chi connectivity index (χ0v) is 16.0. The van der Waals surface area contributed by atoms with Crippen molar-refractivity contribution in [2.45, 2.75) is 0 Å². The lowest BCUT2D eigenvalue weighted by molar-refractivity contribution is 0.0767. The summed E-state index contributed by atoms with van der Waals surface area (Å²) in [6.45, 7) is 1.55. The van der Waals surface area contributed by atoms with Gasteiger partial charge in [-0.05, 0) is 36.4 Å². The molecular weight excluding hydrogens is 358 g/mol. The van der Waals surface area contributed by atoms with Crippen molar-refractivity contribution in [2.24, 2.45) is 0 Å². The van der Waals surface area contributed by atoms with Crippen LogP contribution in [0.4, 0.5) is 11.4 Å². The Morgan fingerprint density at radius 3 is 2.59 bits per heavy atom. The number of hydrogen-bond acceptors (Lipinski definition) is 5. The Balaban J connectivity index is 1.70. The van der Waals surface area contributed by atoms with Crippen molar-refractivity contribution in [1.29, 1.82) is 0 Å². The van der Waals surface area contributed by atoms with Crippen LogP contribution in [-0.2, 0) is 0 Å². The summed E-state index contributed by atoms with van der Waals surface area (Å²) in [6.07, 6.45) is 0. The molecule has 0 radical (unpaired) electrons. The van der Waals surface area contributed by atoms with Gasteiger partial charge >= 0.3 is 0 Å². The average molecular weight is 379 g/mol. The van der Waals surface area contributed by atoms with Gasteiger partial charge in [-0.3, -0.25) is 4.79 Å². The lowest BCUT2D eigenvalue weighted by Crippen LogP contribution is -2.38. The molecule has 3 aromatic rings. The zero-order valence-electron chi connectivity index (χ0n) is 15.1. The maximum absolute atomic E-state index is 12.9. The molecule has 1 fully saturated rings. The van der Waals surface area contributed by atoms with E-state index in [4.69, 9.17) is 4.74 Å². The van der Waals surface area contributed by atoms with Gasteiger partial charge in [0.25, 0.3) is 5.91 Å². The van der Waals surface area contributed by atoms with Crippen molar-refractivity contribution >= 4 is 39.9 Å². The summed E-state index contributed by atoms with van der Waals surface area (Å²) in [7, 11) is 1.65. The number of ether oxygens (including phenoxy) is 1. The van der Waals surface area contributed by atoms with Gasteiger partial charge in [-0.25, -0.2) is 4.98 Å². The molecule has 138 valence electrons. The van der Waals surface area contributed by atoms with Gasteiger partial charge in [0.2, 0.25) is 0 Å². The summed E-state index contributed by atoms with van der Waals surface area (Å²) in [5, 5.41) is 4.41. The van der Waals surface area contributed by atoms with E-state index in [1.165, 1.54) is 0 Å². The third-order valence-electron chi connectivity index (χ3n) is 4.60. The van der Waals surface area contributed by atoms with E-state index in [0.29, 0.717) is 5.69 Å². The number of pyridine rings is 1. The number of para-hydroxylation sites is 1. The van der Waals surface area contributed by atoms with Gasteiger partial charge < -0.3 is 15.0 Å². The Morgan fingerprint density at radius 2 is 1.85 bits per heavy atom. The normalized spacial score (nSPS) is 14.2. The molecule has 1 amide bonds. The number of aromatic nitrogens is 1. The van der Waals surface area contributed by atoms with Gasteiger partial charge in [-0.2, -0.15) is 11.8 Å². The summed E-state index contributed by atoms with van der Waals surface area (Å²) in [4.78, 5) is 19.5. The molecule has 0 bridgehead atoms. The third kappa shape index (κ3) is 3.85. The summed E-state index contributed by atoms with van der Waals surface area (Å²) in [5.74, 6) is 2.77. The predicted octanol–water partition coefficient (Wildman–Crippen LogP) is 4.18. The Labute approximate surface area is 162 Å². The number of benzene rings is 2. The van der Waals surface area contributed by atoms with Gasteiger partial charge in [0.15, 0.2) is 0 Å². The second-order valence-electron chi connectivity index (χ2n) is 6.33. The molecule has 1 saturated heterocycles. The molecule has 1 aromatic heterocycles. The van der Waals surface area contributed by atoms with Crippen LogP contribution in [0.25, 0.3) is 10.9 Å². The van der Waals surface area contributed by atoms with E-state index in [9.17, 15) is 4.79 Å². The maximum Gasteiger partial charge on any atom is 0.272 e. The number of rotatable bonds is 4. The van der Waals surface area contributed by atoms with Crippen LogP contribution >= 0.6 is 11.8 Å². The van der Waals surface area contributed by atoms with Crippen LogP contribution in [0.1, 0.15) is 10.5 Å². The smallest absolute Gasteiger partial charge is 0.272 e. The number of hydrogen-bond donors (Lipinski definition) is 1. The zero-order chi connectivity index (χ0) is 18.6. The number of nitrogens with one attached hydrogen (secondary N) is 1. The lowest BCUT2D eigenvalue weighted by Gasteiger charge is -2.26. The van der Waals surface area contributed by atoms with Crippen molar-refractivity contribution < 1.29 is 9.53 Å². The predicted molar refractivity (Wildman–Crippen MR) is 111 cm³/mol. The first-order valence-corrected chi connectivity index (χ1v) is 10.1. The fraction of sp³-hybridized carbons (Fsp3) is 0.238. The van der Waals surface area contributed by atoms with Crippen molar-refractivity contribution in [3.8, 4) is 5.75 Å². The van der Waals surface area contributed by atoms with Crippen LogP contribution in [0.2, 0.25) is 0 Å². The molecule has 27 heavy (non-hydrogen) atoms. The van der Waals surface area contributed by atoms with Gasteiger partial charge in [0.05, 0.1) is 18.3 Å². The Kier molecular flexibility index (Phi) is 5.16. The molecule has 1 N–H and O–H groups in total. The summed E-state index contributed by atoms with van der Waals surface area (Å²) >= 11 is 1.88. The number of nitrogens with zero attached hydrogens (tertiary/aromatic N) is 2. The number of carbonyl (C=O) groups is 1. The van der Waals surface area contributed by atoms with E-state index in [2.05, 4.69) is 10.3 Å². The fourth-order valence-electron chi connectivity index (χ4n) is 3.15. The van der Waals surface area contributed by atoms with E-state index in [1.807, 2.05) is 71.3 Å². The van der Waals surface area contributed by atoms with Crippen molar-refractivity contribution in [2.75, 3.05) is 37.0 Å². The molecule has 0 atom stereocenters. The number of thioether (sulfide) groups is 1. The van der Waals surface area contributed by atoms with Gasteiger partial charge in [-0.15, -0.1) is 0 Å². The molecule has 0 spiro atoms. The third-order valence-corrected chi connectivity index (χ3v) is 5.55. The number of carbonyl (C=O) groups excluding carboxylic acids is 1. The fourth-order valence-corrected chi connectivity index (χ4v) is 4.05. The van der Waals surface area contributed by atoms with Gasteiger partial charge in [0.1, 0.15) is 11.4 Å². The number of methoxy groups -OCH3 is 1. The number of anilines is 2. The second kappa shape index (κ2) is 7.88. The topological polar surface area (TPSA) is 54.5 Å². The molecule has 2 aromatic carbocycles. The lowest BCUT2D eigenvalue weighted by atomic mass is 10.1. The van der Waals surface area contributed by atoms with Crippen LogP contribution in [0.5, 0.6) is 5.75 Å². The van der Waals surface area contributed by atoms with E-state index < -0.39 is 0 Å². The Morgan fingerprint density at radius 1 is 1.11 bits per heavy atom. The maximum atomic E-state index is 12.9. The summed E-state index contributed by atoms with van der Waals surface area (Å²) < 4.78 is 5.22. The minimum atomic E-state index is -0.00108. The van der Waals surface area contributed by atoms with Crippen molar-refractivity contribution in [3.63, 3.8) is 0 Å². The first-order valence-electron chi connectivity index (χ1n) is 8.92. The molecular formula is C21H21N3O2S. The summed E-state index contributed by atoms with van der Waals surface area (Å²) in [5.41, 5.74) is 3.10. The van der Waals surface area contributed by atoms with Gasteiger partial charge in [0, 0.05) is 35.7 Å². The number of amides is 1. The highest BCUT2D eigenvalue weighted by Crippen LogP contribution is 2.28. The minimum absolute atomic E-state index is 0.00108. The summed E-state index contributed by atoms with van der Waals surface area (Å²) in [6, 6.07) is 17.5. The van der Waals surface area contributed by atoms with Crippen molar-refractivity contribution in [1.82, 2.24) is 9.88 Å². The molecule has 5 nitrogen and oxygen atoms in total. The standard InChI is InChI=1S/C21H21N3O2S/c1-26-16-8-6-15(7-9-16)22-19-14-20(21(25)24-10-12-27-13-11-24)23-18-5-3-2-4-17(18)19/h2-9,14H,10-13H2,1H3,(H,22,23). The Hall–Kier alpha value is -2.73. The Bertz CT molecular complexity index is 953. The van der Waals surface area contributed by atoms with E-state index >= 15 is 0 Å². The van der Waals surface area contributed by atoms with Crippen LogP contribution in [-0.4, -0.2) is 47.5 Å². The molecule has 1 aliphatic rings. The monoisotopic (exact) mass is 379 g/mol. The molecule has 1 aliphatic heterocycles. The van der Waals surface area contributed by atoms with E-state index in [0.717, 1.165) is 52.6 Å². The second-order valence-corrected chi connectivity index (χ2v) is 7.56. The van der Waals surface area contributed by atoms with Crippen LogP contribution in [0.15, 0.2) is 54.6 Å². The molecule has 4 rings (SSSR count). The first-order chi connectivity index (χ1) is 13.2. The van der Waals surface area contributed by atoms with Crippen LogP contribution in [0.3, 0.4) is 0 Å². The van der Waals surface area contributed by atoms with E-state index in [-0.39, 0.29) is 5.91 Å². The molecule has 0 saturated carbocycles. The van der Waals surface area contributed by atoms with Crippen LogP contribution < -0.4 is 10.1 Å². The highest BCUT2D eigenvalue weighted by molar-refractivity contribution is 7.99. The highest BCUT2D eigenvalue weighted by atomic mass is 32.2. The molecule has 2 heterocycles. The first kappa shape index (κ1) is 17.7. The van der Waals surface area contributed by atoms with Crippen LogP contribution in [0, 0.1) is 0 Å². The number of fused-ring (bicyclic) bond motifs is 1. The average Bonchev–Trinajstić information content (AvgIpc) is 2.74.